The van der Waals surface area contributed by atoms with Crippen LogP contribution in [0.25, 0.3) is 60.2 Å². The Kier molecular flexibility index (Phi) is 8.34. The van der Waals surface area contributed by atoms with E-state index < -0.39 is 0 Å². The number of aromatic nitrogens is 1. The second-order valence-electron chi connectivity index (χ2n) is 17.6. The number of nitrogens with zero attached hydrogens (tertiary/aromatic N) is 3. The van der Waals surface area contributed by atoms with Crippen molar-refractivity contribution in [3.05, 3.63) is 243 Å². The number of para-hydroxylation sites is 3. The van der Waals surface area contributed by atoms with Crippen LogP contribution in [0.15, 0.2) is 243 Å². The Bertz CT molecular complexity index is 3910. The lowest BCUT2D eigenvalue weighted by atomic mass is 9.33. The smallest absolute Gasteiger partial charge is 0.257 e. The molecule has 2 aliphatic rings. The molecular formula is C62H40BN3O. The van der Waals surface area contributed by atoms with Crippen molar-refractivity contribution in [3.8, 4) is 28.3 Å². The minimum atomic E-state index is -0.0764. The van der Waals surface area contributed by atoms with Crippen molar-refractivity contribution in [3.63, 3.8) is 0 Å². The van der Waals surface area contributed by atoms with Crippen molar-refractivity contribution in [2.75, 3.05) is 9.80 Å². The molecule has 0 unspecified atom stereocenters. The van der Waals surface area contributed by atoms with Gasteiger partial charge in [-0.1, -0.05) is 158 Å². The van der Waals surface area contributed by atoms with Crippen LogP contribution >= 0.6 is 0 Å². The van der Waals surface area contributed by atoms with Gasteiger partial charge >= 0.3 is 0 Å². The number of hydrogen-bond acceptors (Lipinski definition) is 3. The van der Waals surface area contributed by atoms with E-state index >= 15 is 0 Å². The van der Waals surface area contributed by atoms with Crippen LogP contribution in [0.1, 0.15) is 0 Å². The summed E-state index contributed by atoms with van der Waals surface area (Å²) in [6, 6.07) is 87.9. The number of rotatable bonds is 6. The molecule has 0 aliphatic carbocycles. The second kappa shape index (κ2) is 14.9. The lowest BCUT2D eigenvalue weighted by Gasteiger charge is -2.41. The number of fused-ring (bicyclic) bond motifs is 12. The van der Waals surface area contributed by atoms with Crippen LogP contribution in [0, 0.1) is 0 Å². The Hall–Kier alpha value is -8.80. The summed E-state index contributed by atoms with van der Waals surface area (Å²) in [5.41, 5.74) is 16.1. The summed E-state index contributed by atoms with van der Waals surface area (Å²) < 4.78 is 9.56. The van der Waals surface area contributed by atoms with E-state index in [-0.39, 0.29) is 6.71 Å². The molecule has 2 aliphatic heterocycles. The maximum Gasteiger partial charge on any atom is 0.257 e. The summed E-state index contributed by atoms with van der Waals surface area (Å²) in [5.74, 6) is 1.74. The summed E-state index contributed by atoms with van der Waals surface area (Å²) in [7, 11) is 0. The quantitative estimate of drug-likeness (QED) is 0.123. The number of hydrogen-bond donors (Lipinski definition) is 0. The fourth-order valence-electron chi connectivity index (χ4n) is 11.2. The molecule has 5 heteroatoms. The first-order valence-corrected chi connectivity index (χ1v) is 23.0. The molecule has 0 saturated carbocycles. The van der Waals surface area contributed by atoms with Gasteiger partial charge in [0.05, 0.1) is 11.0 Å². The number of anilines is 6. The number of ether oxygens (including phenoxy) is 1. The summed E-state index contributed by atoms with van der Waals surface area (Å²) in [4.78, 5) is 4.85. The Labute approximate surface area is 388 Å². The van der Waals surface area contributed by atoms with Gasteiger partial charge in [-0.2, -0.15) is 0 Å². The standard InChI is InChI=1S/C62H40BN3O/c1-4-17-41(18-5-1)42-31-33-45(34-32-42)64(46-36-38-56-53(39-46)50-25-14-15-28-55(50)65(56)43-19-6-2-7-20-43)47-35-37-54-59(40-47)67-58-30-16-29-57-61(58)63(54)60-51-26-12-10-23-48(51)49-24-11-13-27-52(49)62(60)66(57)44-21-8-3-9-22-44/h1-40H. The minimum absolute atomic E-state index is 0.0764. The molecule has 67 heavy (non-hydrogen) atoms. The average Bonchev–Trinajstić information content (AvgIpc) is 3.73. The highest BCUT2D eigenvalue weighted by Gasteiger charge is 2.43. The zero-order chi connectivity index (χ0) is 44.0. The second-order valence-corrected chi connectivity index (χ2v) is 17.6. The van der Waals surface area contributed by atoms with Crippen molar-refractivity contribution >= 4 is 101 Å². The fourth-order valence-corrected chi connectivity index (χ4v) is 11.2. The minimum Gasteiger partial charge on any atom is -0.458 e. The van der Waals surface area contributed by atoms with Crippen LogP contribution < -0.4 is 30.9 Å². The predicted octanol–water partition coefficient (Wildman–Crippen LogP) is 14.6. The Morgan fingerprint density at radius 3 is 1.69 bits per heavy atom. The molecule has 1 aromatic heterocycles. The molecule has 312 valence electrons. The molecule has 12 aromatic rings. The van der Waals surface area contributed by atoms with Gasteiger partial charge < -0.3 is 19.1 Å². The lowest BCUT2D eigenvalue weighted by Crippen LogP contribution is -2.59. The van der Waals surface area contributed by atoms with E-state index in [1.807, 2.05) is 0 Å². The maximum atomic E-state index is 7.19. The molecular weight excluding hydrogens is 814 g/mol. The molecule has 0 fully saturated rings. The molecule has 3 heterocycles. The van der Waals surface area contributed by atoms with Crippen molar-refractivity contribution in [1.29, 1.82) is 0 Å². The Morgan fingerprint density at radius 1 is 0.358 bits per heavy atom. The van der Waals surface area contributed by atoms with Gasteiger partial charge in [-0.15, -0.1) is 0 Å². The first kappa shape index (κ1) is 37.6. The maximum absolute atomic E-state index is 7.19. The van der Waals surface area contributed by atoms with Crippen molar-refractivity contribution < 1.29 is 4.74 Å². The topological polar surface area (TPSA) is 20.6 Å². The summed E-state index contributed by atoms with van der Waals surface area (Å²) in [6.07, 6.45) is 0. The van der Waals surface area contributed by atoms with Gasteiger partial charge in [-0.3, -0.25) is 0 Å². The summed E-state index contributed by atoms with van der Waals surface area (Å²) >= 11 is 0. The van der Waals surface area contributed by atoms with Gasteiger partial charge in [-0.25, -0.2) is 0 Å². The Balaban J connectivity index is 0.990. The van der Waals surface area contributed by atoms with E-state index in [2.05, 4.69) is 257 Å². The van der Waals surface area contributed by atoms with E-state index in [0.29, 0.717) is 0 Å². The lowest BCUT2D eigenvalue weighted by molar-refractivity contribution is 0.487. The van der Waals surface area contributed by atoms with Crippen molar-refractivity contribution in [1.82, 2.24) is 4.57 Å². The van der Waals surface area contributed by atoms with Crippen LogP contribution in [-0.2, 0) is 0 Å². The largest absolute Gasteiger partial charge is 0.458 e. The van der Waals surface area contributed by atoms with E-state index in [4.69, 9.17) is 4.74 Å². The van der Waals surface area contributed by atoms with E-state index in [9.17, 15) is 0 Å². The van der Waals surface area contributed by atoms with E-state index in [0.717, 1.165) is 56.6 Å². The highest BCUT2D eigenvalue weighted by molar-refractivity contribution is 7.01. The molecule has 0 atom stereocenters. The average molecular weight is 854 g/mol. The summed E-state index contributed by atoms with van der Waals surface area (Å²) in [6.45, 7) is -0.0764. The zero-order valence-electron chi connectivity index (χ0n) is 36.4. The van der Waals surface area contributed by atoms with Crippen LogP contribution in [0.4, 0.5) is 34.1 Å². The van der Waals surface area contributed by atoms with E-state index in [1.54, 1.807) is 0 Å². The fraction of sp³-hybridized carbons (Fsp3) is 0. The zero-order valence-corrected chi connectivity index (χ0v) is 36.4. The third-order valence-corrected chi connectivity index (χ3v) is 14.0. The highest BCUT2D eigenvalue weighted by Crippen LogP contribution is 2.47. The predicted molar refractivity (Wildman–Crippen MR) is 282 cm³/mol. The molecule has 0 amide bonds. The molecule has 0 bridgehead atoms. The third-order valence-electron chi connectivity index (χ3n) is 14.0. The van der Waals surface area contributed by atoms with Crippen molar-refractivity contribution in [2.45, 2.75) is 0 Å². The molecule has 4 nitrogen and oxygen atoms in total. The molecule has 0 saturated heterocycles. The van der Waals surface area contributed by atoms with Gasteiger partial charge in [0.15, 0.2) is 0 Å². The highest BCUT2D eigenvalue weighted by atomic mass is 16.5. The summed E-state index contributed by atoms with van der Waals surface area (Å²) in [5, 5.41) is 7.39. The molecule has 0 spiro atoms. The molecule has 11 aromatic carbocycles. The van der Waals surface area contributed by atoms with Gasteiger partial charge in [0.1, 0.15) is 11.5 Å². The van der Waals surface area contributed by atoms with Gasteiger partial charge in [0.25, 0.3) is 6.71 Å². The van der Waals surface area contributed by atoms with Crippen LogP contribution in [0.2, 0.25) is 0 Å². The van der Waals surface area contributed by atoms with Gasteiger partial charge in [-0.05, 0) is 123 Å². The van der Waals surface area contributed by atoms with Crippen LogP contribution in [0.3, 0.4) is 0 Å². The third kappa shape index (κ3) is 5.74. The van der Waals surface area contributed by atoms with Gasteiger partial charge in [0.2, 0.25) is 0 Å². The van der Waals surface area contributed by atoms with Crippen LogP contribution in [0.5, 0.6) is 11.5 Å². The SMILES string of the molecule is c1ccc(-c2ccc(N(c3ccc4c(c3)Oc3cccc5c3B4c3c(c4ccccc4c4ccccc34)N5c3ccccc3)c3ccc4c(c3)c3ccccc3n4-c3ccccc3)cc2)cc1. The molecule has 0 radical (unpaired) electrons. The Morgan fingerprint density at radius 2 is 0.925 bits per heavy atom. The normalized spacial score (nSPS) is 12.5. The van der Waals surface area contributed by atoms with E-state index in [1.165, 1.54) is 65.6 Å². The first-order chi connectivity index (χ1) is 33.3. The number of benzene rings is 11. The first-order valence-electron chi connectivity index (χ1n) is 23.0. The molecule has 14 rings (SSSR count). The van der Waals surface area contributed by atoms with Crippen molar-refractivity contribution in [2.24, 2.45) is 0 Å². The van der Waals surface area contributed by atoms with Crippen LogP contribution in [-0.4, -0.2) is 11.3 Å². The monoisotopic (exact) mass is 853 g/mol. The van der Waals surface area contributed by atoms with Gasteiger partial charge in [0, 0.05) is 62.0 Å². The molecule has 0 N–H and O–H groups in total.